The Labute approximate surface area is 221 Å². The SMILES string of the molecule is C/[N+]([O-])=N/CO[C@@H]1O[C@H](CO)[C@@H](O)[C@H](O[C@@H]2O[C@H](CO)[C@@H](O[C@@H]3O[C@H](CO)[C@@H](O)[C@H](O)[C@H]3O)[C@H](O)[C@H]2O)[C@H]1O. The van der Waals surface area contributed by atoms with Gasteiger partial charge in [-0.15, -0.1) is 0 Å². The lowest BCUT2D eigenvalue weighted by Gasteiger charge is -2.48. The van der Waals surface area contributed by atoms with Crippen molar-refractivity contribution in [2.24, 2.45) is 5.11 Å². The van der Waals surface area contributed by atoms with Gasteiger partial charge in [-0.1, -0.05) is 4.86 Å². The van der Waals surface area contributed by atoms with Gasteiger partial charge in [-0.2, -0.15) is 0 Å². The first kappa shape index (κ1) is 32.3. The summed E-state index contributed by atoms with van der Waals surface area (Å²) in [6.07, 6.45) is -25.2. The summed E-state index contributed by atoms with van der Waals surface area (Å²) in [6.45, 7) is -2.92. The lowest BCUT2D eigenvalue weighted by atomic mass is 9.96. The summed E-state index contributed by atoms with van der Waals surface area (Å²) in [5, 5.41) is 116. The third-order valence-electron chi connectivity index (χ3n) is 6.57. The molecule has 0 spiro atoms. The van der Waals surface area contributed by atoms with E-state index >= 15 is 0 Å². The predicted molar refractivity (Wildman–Crippen MR) is 117 cm³/mol. The molecule has 0 aliphatic carbocycles. The van der Waals surface area contributed by atoms with Crippen molar-refractivity contribution in [3.63, 3.8) is 0 Å². The van der Waals surface area contributed by atoms with Gasteiger partial charge in [0, 0.05) is 0 Å². The Morgan fingerprint density at radius 1 is 0.615 bits per heavy atom. The quantitative estimate of drug-likeness (QED) is 0.0656. The summed E-state index contributed by atoms with van der Waals surface area (Å²) in [5.74, 6) is 0. The van der Waals surface area contributed by atoms with E-state index in [1.54, 1.807) is 0 Å². The van der Waals surface area contributed by atoms with E-state index in [4.69, 9.17) is 28.4 Å². The highest BCUT2D eigenvalue weighted by atomic mass is 16.8. The summed E-state index contributed by atoms with van der Waals surface area (Å²) in [6, 6.07) is 0. The zero-order chi connectivity index (χ0) is 29.0. The zero-order valence-corrected chi connectivity index (χ0v) is 20.7. The van der Waals surface area contributed by atoms with E-state index in [0.717, 1.165) is 7.05 Å². The van der Waals surface area contributed by atoms with E-state index in [0.29, 0.717) is 0 Å². The molecule has 19 heteroatoms. The van der Waals surface area contributed by atoms with Gasteiger partial charge < -0.3 is 84.7 Å². The van der Waals surface area contributed by atoms with Crippen LogP contribution in [0.1, 0.15) is 0 Å². The standard InChI is InChI=1S/C20H36N2O17/c1-22(33)21-5-34-18-15(32)17(10(27)7(3-24)35-18)39-20-14(31)12(29)16(8(4-25)37-20)38-19-13(30)11(28)9(26)6(2-23)36-19/h6-20,23-32H,2-5H2,1H3/b22-21-/t6-,7-,8-,9-,10-,11+,12-,13-,14-,15-,16-,17+,18-,19+,20+/m1/s1. The van der Waals surface area contributed by atoms with Crippen LogP contribution in [-0.2, 0) is 28.4 Å². The summed E-state index contributed by atoms with van der Waals surface area (Å²) in [5.41, 5.74) is 0. The van der Waals surface area contributed by atoms with Crippen LogP contribution >= 0.6 is 0 Å². The van der Waals surface area contributed by atoms with Gasteiger partial charge in [0.15, 0.2) is 25.9 Å². The predicted octanol–water partition coefficient (Wildman–Crippen LogP) is -7.00. The van der Waals surface area contributed by atoms with Gasteiger partial charge in [0.05, 0.1) is 19.8 Å². The second-order valence-corrected chi connectivity index (χ2v) is 9.21. The molecule has 0 aromatic carbocycles. The maximum atomic E-state index is 10.9. The number of hydroxylamine groups is 1. The first-order chi connectivity index (χ1) is 18.4. The number of azo groups is 1. The molecule has 0 bridgehead atoms. The van der Waals surface area contributed by atoms with E-state index in [9.17, 15) is 56.3 Å². The molecular formula is C20H36N2O17. The molecule has 0 radical (unpaired) electrons. The fraction of sp³-hybridized carbons (Fsp3) is 1.00. The van der Waals surface area contributed by atoms with Crippen LogP contribution < -0.4 is 0 Å². The van der Waals surface area contributed by atoms with Crippen molar-refractivity contribution >= 4 is 0 Å². The molecule has 0 aromatic heterocycles. The van der Waals surface area contributed by atoms with Crippen LogP contribution in [0.25, 0.3) is 0 Å². The molecule has 3 fully saturated rings. The second kappa shape index (κ2) is 14.1. The zero-order valence-electron chi connectivity index (χ0n) is 20.7. The maximum Gasteiger partial charge on any atom is 0.203 e. The van der Waals surface area contributed by atoms with Crippen molar-refractivity contribution < 1.29 is 84.3 Å². The minimum absolute atomic E-state index is 0.187. The Kier molecular flexibility index (Phi) is 11.7. The normalized spacial score (nSPS) is 47.8. The van der Waals surface area contributed by atoms with Crippen LogP contribution in [-0.4, -0.2) is 182 Å². The van der Waals surface area contributed by atoms with Crippen LogP contribution in [0.2, 0.25) is 0 Å². The molecule has 0 amide bonds. The van der Waals surface area contributed by atoms with E-state index in [1.165, 1.54) is 0 Å². The molecule has 3 rings (SSSR count). The van der Waals surface area contributed by atoms with Gasteiger partial charge in [0.25, 0.3) is 0 Å². The number of aliphatic hydroxyl groups is 10. The molecule has 39 heavy (non-hydrogen) atoms. The number of nitrogens with zero attached hydrogens (tertiary/aromatic N) is 2. The molecule has 0 saturated carbocycles. The average Bonchev–Trinajstić information content (AvgIpc) is 2.91. The van der Waals surface area contributed by atoms with Gasteiger partial charge in [-0.3, -0.25) is 0 Å². The van der Waals surface area contributed by atoms with Crippen LogP contribution in [0, 0.1) is 5.21 Å². The van der Waals surface area contributed by atoms with Gasteiger partial charge in [-0.25, -0.2) is 0 Å². The van der Waals surface area contributed by atoms with E-state index < -0.39 is 119 Å². The molecule has 15 atom stereocenters. The maximum absolute atomic E-state index is 10.9. The van der Waals surface area contributed by atoms with E-state index in [1.807, 2.05) is 0 Å². The number of hydrogen-bond donors (Lipinski definition) is 10. The van der Waals surface area contributed by atoms with E-state index in [-0.39, 0.29) is 4.86 Å². The lowest BCUT2D eigenvalue weighted by Crippen LogP contribution is -2.66. The minimum Gasteiger partial charge on any atom is -0.600 e. The first-order valence-corrected chi connectivity index (χ1v) is 12.0. The smallest absolute Gasteiger partial charge is 0.203 e. The van der Waals surface area contributed by atoms with Crippen LogP contribution in [0.5, 0.6) is 0 Å². The highest BCUT2D eigenvalue weighted by Gasteiger charge is 2.53. The van der Waals surface area contributed by atoms with Crippen LogP contribution in [0.3, 0.4) is 0 Å². The third kappa shape index (κ3) is 7.16. The number of aliphatic hydroxyl groups excluding tert-OH is 10. The van der Waals surface area contributed by atoms with Crippen LogP contribution in [0.15, 0.2) is 5.11 Å². The monoisotopic (exact) mass is 576 g/mol. The fourth-order valence-electron chi connectivity index (χ4n) is 4.36. The molecule has 228 valence electrons. The molecule has 0 unspecified atom stereocenters. The highest BCUT2D eigenvalue weighted by Crippen LogP contribution is 2.32. The van der Waals surface area contributed by atoms with Gasteiger partial charge in [0.1, 0.15) is 73.2 Å². The van der Waals surface area contributed by atoms with Crippen molar-refractivity contribution in [1.29, 1.82) is 0 Å². The second-order valence-electron chi connectivity index (χ2n) is 9.21. The largest absolute Gasteiger partial charge is 0.600 e. The highest BCUT2D eigenvalue weighted by molar-refractivity contribution is 4.96. The summed E-state index contributed by atoms with van der Waals surface area (Å²) < 4.78 is 32.1. The Morgan fingerprint density at radius 2 is 1.10 bits per heavy atom. The van der Waals surface area contributed by atoms with Gasteiger partial charge >= 0.3 is 0 Å². The molecule has 3 aliphatic heterocycles. The molecular weight excluding hydrogens is 540 g/mol. The topological polar surface area (TPSA) is 296 Å². The summed E-state index contributed by atoms with van der Waals surface area (Å²) in [7, 11) is 1.08. The van der Waals surface area contributed by atoms with Crippen LogP contribution in [0.4, 0.5) is 0 Å². The molecule has 3 saturated heterocycles. The Bertz CT molecular complexity index is 787. The van der Waals surface area contributed by atoms with E-state index in [2.05, 4.69) is 5.11 Å². The Hall–Kier alpha value is -1.24. The summed E-state index contributed by atoms with van der Waals surface area (Å²) >= 11 is 0. The van der Waals surface area contributed by atoms with Crippen molar-refractivity contribution in [3.8, 4) is 0 Å². The van der Waals surface area contributed by atoms with Gasteiger partial charge in [-0.05, 0) is 5.11 Å². The number of hydrogen-bond acceptors (Lipinski definition) is 18. The number of ether oxygens (including phenoxy) is 6. The van der Waals surface area contributed by atoms with Crippen molar-refractivity contribution in [2.75, 3.05) is 33.6 Å². The molecule has 3 aliphatic rings. The number of rotatable bonds is 10. The lowest BCUT2D eigenvalue weighted by molar-refractivity contribution is -0.505. The molecule has 0 aromatic rings. The molecule has 3 heterocycles. The Balaban J connectivity index is 1.72. The van der Waals surface area contributed by atoms with Crippen molar-refractivity contribution in [3.05, 3.63) is 5.21 Å². The molecule has 19 nitrogen and oxygen atoms in total. The minimum atomic E-state index is -1.96. The van der Waals surface area contributed by atoms with Crippen molar-refractivity contribution in [1.82, 2.24) is 0 Å². The summed E-state index contributed by atoms with van der Waals surface area (Å²) in [4.78, 5) is 0.187. The third-order valence-corrected chi connectivity index (χ3v) is 6.57. The Morgan fingerprint density at radius 3 is 1.67 bits per heavy atom. The molecule has 10 N–H and O–H groups in total. The van der Waals surface area contributed by atoms with Crippen molar-refractivity contribution in [2.45, 2.75) is 92.1 Å². The first-order valence-electron chi connectivity index (χ1n) is 12.0. The fourth-order valence-corrected chi connectivity index (χ4v) is 4.36. The van der Waals surface area contributed by atoms with Gasteiger partial charge in [0.2, 0.25) is 6.73 Å². The average molecular weight is 577 g/mol.